The molecule has 0 aliphatic carbocycles. The van der Waals surface area contributed by atoms with Gasteiger partial charge in [0.2, 0.25) is 0 Å². The summed E-state index contributed by atoms with van der Waals surface area (Å²) in [6.45, 7) is 4.09. The van der Waals surface area contributed by atoms with Gasteiger partial charge >= 0.3 is 0 Å². The molecule has 0 heterocycles. The molecule has 0 atom stereocenters. The van der Waals surface area contributed by atoms with E-state index >= 15 is 0 Å². The zero-order valence-electron chi connectivity index (χ0n) is 11.9. The van der Waals surface area contributed by atoms with Crippen LogP contribution in [0.4, 0.5) is 8.78 Å². The van der Waals surface area contributed by atoms with E-state index in [1.165, 1.54) is 0 Å². The maximum Gasteiger partial charge on any atom is 0.162 e. The molecule has 0 bridgehead atoms. The Kier molecular flexibility index (Phi) is 4.68. The van der Waals surface area contributed by atoms with Crippen LogP contribution in [0.5, 0.6) is 17.2 Å². The number of hydrogen-bond donors (Lipinski definition) is 0. The maximum absolute atomic E-state index is 13.2. The minimum atomic E-state index is -1.01. The van der Waals surface area contributed by atoms with Crippen LogP contribution in [0, 0.1) is 11.6 Å². The Morgan fingerprint density at radius 3 is 2.29 bits per heavy atom. The van der Waals surface area contributed by atoms with Gasteiger partial charge in [0, 0.05) is 12.1 Å². The van der Waals surface area contributed by atoms with Gasteiger partial charge in [-0.25, -0.2) is 8.78 Å². The minimum absolute atomic E-state index is 0.000743. The molecule has 112 valence electrons. The van der Waals surface area contributed by atoms with Gasteiger partial charge in [-0.1, -0.05) is 31.5 Å². The molecule has 2 nitrogen and oxygen atoms in total. The van der Waals surface area contributed by atoms with Crippen molar-refractivity contribution in [2.45, 2.75) is 19.8 Å². The zero-order valence-corrected chi connectivity index (χ0v) is 12.7. The summed E-state index contributed by atoms with van der Waals surface area (Å²) in [6.07, 6.45) is 0. The van der Waals surface area contributed by atoms with Crippen LogP contribution in [0.1, 0.15) is 25.3 Å². The third kappa shape index (κ3) is 3.45. The summed E-state index contributed by atoms with van der Waals surface area (Å²) in [7, 11) is 1.57. The van der Waals surface area contributed by atoms with Crippen molar-refractivity contribution in [2.75, 3.05) is 7.11 Å². The number of ether oxygens (including phenoxy) is 2. The van der Waals surface area contributed by atoms with Gasteiger partial charge in [0.05, 0.1) is 12.1 Å². The van der Waals surface area contributed by atoms with Crippen molar-refractivity contribution in [3.8, 4) is 17.2 Å². The zero-order chi connectivity index (χ0) is 15.6. The normalized spacial score (nSPS) is 10.8. The summed E-state index contributed by atoms with van der Waals surface area (Å²) in [5.41, 5.74) is 1.03. The minimum Gasteiger partial charge on any atom is -0.496 e. The fourth-order valence-corrected chi connectivity index (χ4v) is 2.13. The summed E-state index contributed by atoms with van der Waals surface area (Å²) in [6, 6.07) is 7.08. The first-order chi connectivity index (χ1) is 9.92. The highest BCUT2D eigenvalue weighted by atomic mass is 35.5. The second-order valence-electron chi connectivity index (χ2n) is 4.86. The molecule has 0 aliphatic rings. The van der Waals surface area contributed by atoms with Crippen LogP contribution in [0.3, 0.4) is 0 Å². The van der Waals surface area contributed by atoms with Crippen molar-refractivity contribution in [2.24, 2.45) is 0 Å². The molecular formula is C16H15ClF2O2. The monoisotopic (exact) mass is 312 g/mol. The Hall–Kier alpha value is -1.81. The van der Waals surface area contributed by atoms with Gasteiger partial charge in [-0.05, 0) is 23.6 Å². The van der Waals surface area contributed by atoms with E-state index in [2.05, 4.69) is 0 Å². The summed E-state index contributed by atoms with van der Waals surface area (Å²) in [5, 5.41) is 0.000743. The first kappa shape index (κ1) is 15.6. The molecule has 0 fully saturated rings. The molecule has 5 heteroatoms. The fraction of sp³-hybridized carbons (Fsp3) is 0.250. The molecule has 0 N–H and O–H groups in total. The van der Waals surface area contributed by atoms with Crippen molar-refractivity contribution < 1.29 is 18.3 Å². The van der Waals surface area contributed by atoms with Gasteiger partial charge in [-0.15, -0.1) is 0 Å². The van der Waals surface area contributed by atoms with E-state index in [1.54, 1.807) is 19.2 Å². The molecule has 2 aromatic carbocycles. The molecule has 2 aromatic rings. The Morgan fingerprint density at radius 1 is 1.00 bits per heavy atom. The van der Waals surface area contributed by atoms with Crippen molar-refractivity contribution in [3.05, 3.63) is 52.6 Å². The molecule has 0 aromatic heterocycles. The van der Waals surface area contributed by atoms with Crippen molar-refractivity contribution in [3.63, 3.8) is 0 Å². The average molecular weight is 313 g/mol. The number of halogens is 3. The fourth-order valence-electron chi connectivity index (χ4n) is 1.94. The van der Waals surface area contributed by atoms with E-state index in [4.69, 9.17) is 21.1 Å². The van der Waals surface area contributed by atoms with Crippen LogP contribution in [0.2, 0.25) is 5.02 Å². The smallest absolute Gasteiger partial charge is 0.162 e. The summed E-state index contributed by atoms with van der Waals surface area (Å²) >= 11 is 5.84. The lowest BCUT2D eigenvalue weighted by atomic mass is 10.0. The van der Waals surface area contributed by atoms with Crippen LogP contribution in [-0.4, -0.2) is 7.11 Å². The number of benzene rings is 2. The third-order valence-corrected chi connectivity index (χ3v) is 3.32. The lowest BCUT2D eigenvalue weighted by Gasteiger charge is -2.14. The lowest BCUT2D eigenvalue weighted by Crippen LogP contribution is -1.96. The summed E-state index contributed by atoms with van der Waals surface area (Å²) in [4.78, 5) is 0. The largest absolute Gasteiger partial charge is 0.496 e. The second kappa shape index (κ2) is 6.31. The predicted molar refractivity (Wildman–Crippen MR) is 78.5 cm³/mol. The molecule has 21 heavy (non-hydrogen) atoms. The summed E-state index contributed by atoms with van der Waals surface area (Å²) < 4.78 is 37.1. The van der Waals surface area contributed by atoms with E-state index in [9.17, 15) is 8.78 Å². The van der Waals surface area contributed by atoms with E-state index in [-0.39, 0.29) is 10.8 Å². The molecule has 0 amide bonds. The molecule has 0 saturated carbocycles. The van der Waals surface area contributed by atoms with Gasteiger partial charge in [0.25, 0.3) is 0 Å². The van der Waals surface area contributed by atoms with Crippen LogP contribution < -0.4 is 9.47 Å². The summed E-state index contributed by atoms with van der Waals surface area (Å²) in [5.74, 6) is -0.582. The van der Waals surface area contributed by atoms with Crippen LogP contribution in [0.15, 0.2) is 30.3 Å². The lowest BCUT2D eigenvalue weighted by molar-refractivity contribution is 0.401. The quantitative estimate of drug-likeness (QED) is 0.690. The van der Waals surface area contributed by atoms with Gasteiger partial charge in [-0.2, -0.15) is 0 Å². The van der Waals surface area contributed by atoms with Gasteiger partial charge < -0.3 is 9.47 Å². The van der Waals surface area contributed by atoms with Crippen LogP contribution in [0.25, 0.3) is 0 Å². The van der Waals surface area contributed by atoms with Gasteiger partial charge in [0.1, 0.15) is 17.2 Å². The van der Waals surface area contributed by atoms with E-state index < -0.39 is 11.6 Å². The Bertz CT molecular complexity index is 657. The van der Waals surface area contributed by atoms with Crippen molar-refractivity contribution in [1.29, 1.82) is 0 Å². The highest BCUT2D eigenvalue weighted by Gasteiger charge is 2.13. The third-order valence-electron chi connectivity index (χ3n) is 3.03. The number of methoxy groups -OCH3 is 1. The molecule has 0 radical (unpaired) electrons. The maximum atomic E-state index is 13.2. The molecule has 0 saturated heterocycles. The topological polar surface area (TPSA) is 18.5 Å². The Labute approximate surface area is 127 Å². The SMILES string of the molecule is COc1cc(Oc2cc(F)c(F)cc2Cl)ccc1C(C)C. The number of hydrogen-bond acceptors (Lipinski definition) is 2. The highest BCUT2D eigenvalue weighted by molar-refractivity contribution is 6.32. The molecule has 2 rings (SSSR count). The Morgan fingerprint density at radius 2 is 1.67 bits per heavy atom. The predicted octanol–water partition coefficient (Wildman–Crippen LogP) is 5.54. The van der Waals surface area contributed by atoms with Crippen molar-refractivity contribution >= 4 is 11.6 Å². The van der Waals surface area contributed by atoms with Gasteiger partial charge in [-0.3, -0.25) is 0 Å². The van der Waals surface area contributed by atoms with E-state index in [0.717, 1.165) is 17.7 Å². The van der Waals surface area contributed by atoms with Gasteiger partial charge in [0.15, 0.2) is 11.6 Å². The van der Waals surface area contributed by atoms with Crippen LogP contribution >= 0.6 is 11.6 Å². The second-order valence-corrected chi connectivity index (χ2v) is 5.26. The Balaban J connectivity index is 2.34. The van der Waals surface area contributed by atoms with Crippen molar-refractivity contribution in [1.82, 2.24) is 0 Å². The standard InChI is InChI=1S/C16H15ClF2O2/c1-9(2)11-5-4-10(6-15(11)20-3)21-16-8-14(19)13(18)7-12(16)17/h4-9H,1-3H3. The highest BCUT2D eigenvalue weighted by Crippen LogP contribution is 2.35. The van der Waals surface area contributed by atoms with E-state index in [0.29, 0.717) is 17.4 Å². The molecule has 0 unspecified atom stereocenters. The van der Waals surface area contributed by atoms with E-state index in [1.807, 2.05) is 19.9 Å². The molecule has 0 aliphatic heterocycles. The molecule has 0 spiro atoms. The average Bonchev–Trinajstić information content (AvgIpc) is 2.44. The molecular weight excluding hydrogens is 298 g/mol. The first-order valence-corrected chi connectivity index (χ1v) is 6.80. The number of rotatable bonds is 4. The first-order valence-electron chi connectivity index (χ1n) is 6.42. The van der Waals surface area contributed by atoms with Crippen LogP contribution in [-0.2, 0) is 0 Å².